The molecule has 1 N–H and O–H groups in total. The Labute approximate surface area is 298 Å². The van der Waals surface area contributed by atoms with E-state index in [9.17, 15) is 28.7 Å². The Balaban J connectivity index is -0.00000760. The Hall–Kier alpha value is 0.520. The summed E-state index contributed by atoms with van der Waals surface area (Å²) in [5.41, 5.74) is 0. The zero-order chi connectivity index (χ0) is 29.9. The van der Waals surface area contributed by atoms with Crippen LogP contribution in [0.1, 0.15) is 142 Å². The minimum Gasteiger partial charge on any atom is -0.790 e. The number of phosphoric acid groups is 1. The molecule has 1 atom stereocenters. The molecule has 10 nitrogen and oxygen atoms in total. The van der Waals surface area contributed by atoms with Crippen LogP contribution in [0.4, 0.5) is 0 Å². The predicted octanol–water partition coefficient (Wildman–Crippen LogP) is -0.747. The molecular weight excluding hydrogens is 583 g/mol. The van der Waals surface area contributed by atoms with Gasteiger partial charge in [-0.25, -0.2) is 0 Å². The molecule has 0 saturated heterocycles. The molecule has 42 heavy (non-hydrogen) atoms. The predicted molar refractivity (Wildman–Crippen MR) is 151 cm³/mol. The van der Waals surface area contributed by atoms with Crippen LogP contribution in [0.15, 0.2) is 0 Å². The number of ether oxygens (including phenoxy) is 2. The second kappa shape index (κ2) is 32.9. The van der Waals surface area contributed by atoms with Gasteiger partial charge in [-0.15, -0.1) is 0 Å². The van der Waals surface area contributed by atoms with Crippen LogP contribution in [-0.2, 0) is 32.9 Å². The van der Waals surface area contributed by atoms with Gasteiger partial charge in [-0.1, -0.05) is 103 Å². The Morgan fingerprint density at radius 3 is 1.55 bits per heavy atom. The van der Waals surface area contributed by atoms with Crippen LogP contribution in [-0.4, -0.2) is 43.7 Å². The van der Waals surface area contributed by atoms with E-state index in [0.717, 1.165) is 57.9 Å². The first-order valence-corrected chi connectivity index (χ1v) is 16.9. The van der Waals surface area contributed by atoms with Crippen molar-refractivity contribution in [2.75, 3.05) is 19.8 Å². The van der Waals surface area contributed by atoms with Crippen molar-refractivity contribution in [2.45, 2.75) is 148 Å². The number of rotatable bonds is 28. The summed E-state index contributed by atoms with van der Waals surface area (Å²) < 4.78 is 25.4. The first kappa shape index (κ1) is 46.9. The third kappa shape index (κ3) is 36.7. The van der Waals surface area contributed by atoms with E-state index in [1.165, 1.54) is 51.4 Å². The molecule has 0 aromatic carbocycles. The molecule has 0 bridgehead atoms. The Bertz CT molecular complexity index is 711. The van der Waals surface area contributed by atoms with Gasteiger partial charge >= 0.3 is 71.1 Å². The van der Waals surface area contributed by atoms with Crippen molar-refractivity contribution in [1.82, 2.24) is 5.32 Å². The number of nitrogens with one attached hydrogen (secondary N) is 1. The summed E-state index contributed by atoms with van der Waals surface area (Å²) in [7, 11) is -5.24. The SMILES string of the molecule is CCCCCCCC(=O)O[C@@H](COC(=O)CCCCCCCCCCCCCCCNC(C)=O)COP(=O)([O-])[O-].[Na+].[Na+]. The first-order chi connectivity index (χ1) is 19.1. The van der Waals surface area contributed by atoms with Crippen molar-refractivity contribution in [3.8, 4) is 0 Å². The molecule has 0 aliphatic rings. The molecule has 13 heteroatoms. The van der Waals surface area contributed by atoms with Crippen LogP contribution in [0.5, 0.6) is 0 Å². The second-order valence-corrected chi connectivity index (χ2v) is 11.7. The average Bonchev–Trinajstić information content (AvgIpc) is 2.89. The van der Waals surface area contributed by atoms with Crippen LogP contribution in [0.25, 0.3) is 0 Å². The number of hydrogen-bond acceptors (Lipinski definition) is 9. The van der Waals surface area contributed by atoms with Gasteiger partial charge in [0.05, 0.1) is 14.4 Å². The van der Waals surface area contributed by atoms with E-state index >= 15 is 0 Å². The summed E-state index contributed by atoms with van der Waals surface area (Å²) >= 11 is 0. The molecule has 0 unspecified atom stereocenters. The van der Waals surface area contributed by atoms with Gasteiger partial charge < -0.3 is 33.7 Å². The van der Waals surface area contributed by atoms with Gasteiger partial charge in [-0.3, -0.25) is 14.4 Å². The monoisotopic (exact) mass is 637 g/mol. The van der Waals surface area contributed by atoms with E-state index in [0.29, 0.717) is 12.8 Å². The minimum atomic E-state index is -5.24. The quantitative estimate of drug-likeness (QED) is 0.0505. The van der Waals surface area contributed by atoms with Crippen LogP contribution in [0, 0.1) is 0 Å². The molecule has 0 aromatic heterocycles. The van der Waals surface area contributed by atoms with E-state index in [1.54, 1.807) is 6.92 Å². The molecule has 236 valence electrons. The van der Waals surface area contributed by atoms with Crippen LogP contribution in [0.2, 0.25) is 0 Å². The molecule has 0 aliphatic carbocycles. The topological polar surface area (TPSA) is 154 Å². The van der Waals surface area contributed by atoms with E-state index in [1.807, 2.05) is 0 Å². The number of esters is 2. The molecule has 0 fully saturated rings. The van der Waals surface area contributed by atoms with Crippen molar-refractivity contribution < 1.29 is 102 Å². The fraction of sp³-hybridized carbons (Fsp3) is 0.897. The maximum atomic E-state index is 12.1. The van der Waals surface area contributed by atoms with Crippen molar-refractivity contribution in [1.29, 1.82) is 0 Å². The van der Waals surface area contributed by atoms with Gasteiger partial charge in [0.25, 0.3) is 0 Å². The third-order valence-electron chi connectivity index (χ3n) is 6.56. The van der Waals surface area contributed by atoms with Gasteiger partial charge in [-0.05, 0) is 19.3 Å². The Morgan fingerprint density at radius 2 is 1.10 bits per heavy atom. The zero-order valence-electron chi connectivity index (χ0n) is 27.0. The largest absolute Gasteiger partial charge is 1.00 e. The third-order valence-corrected chi connectivity index (χ3v) is 7.03. The number of phosphoric ester groups is 1. The number of carbonyl (C=O) groups excluding carboxylic acids is 3. The number of hydrogen-bond donors (Lipinski definition) is 1. The van der Waals surface area contributed by atoms with E-state index < -0.39 is 32.5 Å². The number of carbonyl (C=O) groups is 3. The summed E-state index contributed by atoms with van der Waals surface area (Å²) in [4.78, 5) is 56.5. The second-order valence-electron chi connectivity index (χ2n) is 10.5. The van der Waals surface area contributed by atoms with Gasteiger partial charge in [-0.2, -0.15) is 0 Å². The van der Waals surface area contributed by atoms with Crippen LogP contribution >= 0.6 is 7.82 Å². The fourth-order valence-electron chi connectivity index (χ4n) is 4.27. The van der Waals surface area contributed by atoms with Gasteiger partial charge in [0.1, 0.15) is 6.61 Å². The molecule has 0 radical (unpaired) electrons. The smallest absolute Gasteiger partial charge is 0.790 e. The number of unbranched alkanes of at least 4 members (excludes halogenated alkanes) is 16. The molecule has 1 amide bonds. The molecule has 0 saturated carbocycles. The van der Waals surface area contributed by atoms with E-state index in [4.69, 9.17) is 9.47 Å². The van der Waals surface area contributed by atoms with Gasteiger partial charge in [0, 0.05) is 26.3 Å². The van der Waals surface area contributed by atoms with Crippen LogP contribution < -0.4 is 74.2 Å². The number of amides is 1. The summed E-state index contributed by atoms with van der Waals surface area (Å²) in [5, 5.41) is 2.82. The maximum Gasteiger partial charge on any atom is 1.00 e. The Morgan fingerprint density at radius 1 is 0.667 bits per heavy atom. The molecule has 0 aromatic rings. The van der Waals surface area contributed by atoms with Crippen molar-refractivity contribution in [3.63, 3.8) is 0 Å². The zero-order valence-corrected chi connectivity index (χ0v) is 31.9. The molecule has 0 spiro atoms. The standard InChI is InChI=1S/C29H56NO9P.2Na/c1-3-4-5-15-19-22-29(33)39-27(25-38-40(34,35)36)24-37-28(32)21-18-16-13-11-9-7-6-8-10-12-14-17-20-23-30-26(2)31;;/h27H,3-25H2,1-2H3,(H,30,31)(H2,34,35,36);;/q;2*+1/p-2/t27-;;/m0../s1. The molecular formula is C29H54NNa2O9P. The summed E-state index contributed by atoms with van der Waals surface area (Å²) in [6.45, 7) is 3.40. The van der Waals surface area contributed by atoms with E-state index in [-0.39, 0.29) is 84.5 Å². The Kier molecular flexibility index (Phi) is 36.8. The molecule has 0 heterocycles. The fourth-order valence-corrected chi connectivity index (χ4v) is 4.62. The van der Waals surface area contributed by atoms with Crippen molar-refractivity contribution in [2.24, 2.45) is 0 Å². The van der Waals surface area contributed by atoms with Gasteiger partial charge in [0.2, 0.25) is 5.91 Å². The maximum absolute atomic E-state index is 12.1. The van der Waals surface area contributed by atoms with Gasteiger partial charge in [0.15, 0.2) is 6.10 Å². The van der Waals surface area contributed by atoms with Crippen molar-refractivity contribution >= 4 is 25.7 Å². The summed E-state index contributed by atoms with van der Waals surface area (Å²) in [5.74, 6) is -0.954. The summed E-state index contributed by atoms with van der Waals surface area (Å²) in [6, 6.07) is 0. The van der Waals surface area contributed by atoms with E-state index in [2.05, 4.69) is 16.8 Å². The first-order valence-electron chi connectivity index (χ1n) is 15.4. The van der Waals surface area contributed by atoms with Crippen LogP contribution in [0.3, 0.4) is 0 Å². The summed E-state index contributed by atoms with van der Waals surface area (Å²) in [6.07, 6.45) is 18.7. The minimum absolute atomic E-state index is 0. The molecule has 0 aliphatic heterocycles. The molecule has 0 rings (SSSR count). The average molecular weight is 638 g/mol. The van der Waals surface area contributed by atoms with Crippen molar-refractivity contribution in [3.05, 3.63) is 0 Å². The normalized spacial score (nSPS) is 11.6.